The standard InChI is InChI=1S/C44H43N6O.Pt/c1-43(2,3)28-14-17-36-34(21-28)33-16-15-32(24-37(33)50(36)42-22-29(18-19-45-42)44(4,5)6)51-31-12-10-11-30(23-31)49-27-47(7)39-26-38-35(25-40(39)49)46-41-13-8-9-20-48(38)41;/h10-12,14-19,21-22,25-27H,8-9,13,20H2,1-7H3;/q-3;. The Morgan fingerprint density at radius 3 is 2.37 bits per heavy atom. The number of pyridine rings is 1. The SMILES string of the molecule is CN1[CH-]N(c2[c-]c(Oc3[c-]c4c(cc3)c3cc(C(C)(C)C)ccc3n4-c3cc(C(C)(C)C)ccn3)ccc2)c2cc3nc4n(c3cc21)CCCC4.[Pt]. The maximum Gasteiger partial charge on any atom is 0.135 e. The molecular formula is C44H43N6OPt-3. The molecule has 4 aromatic carbocycles. The Labute approximate surface area is 320 Å². The molecule has 0 spiro atoms. The molecule has 7 aromatic rings. The minimum atomic E-state index is -0.0130. The molecule has 52 heavy (non-hydrogen) atoms. The molecule has 8 heteroatoms. The van der Waals surface area contributed by atoms with Gasteiger partial charge in [-0.05, 0) is 77.6 Å². The van der Waals surface area contributed by atoms with Crippen molar-refractivity contribution >= 4 is 49.9 Å². The van der Waals surface area contributed by atoms with Gasteiger partial charge in [0.15, 0.2) is 0 Å². The quantitative estimate of drug-likeness (QED) is 0.165. The molecule has 3 aromatic heterocycles. The van der Waals surface area contributed by atoms with Crippen molar-refractivity contribution in [2.75, 3.05) is 16.8 Å². The zero-order valence-corrected chi connectivity index (χ0v) is 33.1. The van der Waals surface area contributed by atoms with Crippen molar-refractivity contribution in [1.82, 2.24) is 19.1 Å². The number of rotatable bonds is 4. The first kappa shape index (κ1) is 34.5. The van der Waals surface area contributed by atoms with Crippen LogP contribution in [-0.2, 0) is 44.9 Å². The number of hydrogen-bond acceptors (Lipinski definition) is 5. The van der Waals surface area contributed by atoms with Crippen molar-refractivity contribution in [3.8, 4) is 17.3 Å². The van der Waals surface area contributed by atoms with Gasteiger partial charge in [-0.3, -0.25) is 0 Å². The van der Waals surface area contributed by atoms with Crippen molar-refractivity contribution in [3.05, 3.63) is 115 Å². The van der Waals surface area contributed by atoms with E-state index in [4.69, 9.17) is 14.7 Å². The van der Waals surface area contributed by atoms with Crippen molar-refractivity contribution in [2.45, 2.75) is 78.2 Å². The van der Waals surface area contributed by atoms with Gasteiger partial charge in [0, 0.05) is 68.6 Å². The molecule has 0 saturated carbocycles. The van der Waals surface area contributed by atoms with Crippen LogP contribution in [0.4, 0.5) is 17.1 Å². The van der Waals surface area contributed by atoms with Gasteiger partial charge in [0.25, 0.3) is 0 Å². The Hall–Kier alpha value is -4.61. The van der Waals surface area contributed by atoms with Crippen LogP contribution in [0.2, 0.25) is 0 Å². The number of aryl methyl sites for hydroxylation is 2. The maximum absolute atomic E-state index is 6.56. The Kier molecular flexibility index (Phi) is 8.30. The molecule has 0 aliphatic carbocycles. The fourth-order valence-corrected chi connectivity index (χ4v) is 7.61. The average molecular weight is 867 g/mol. The number of benzene rings is 4. The van der Waals surface area contributed by atoms with Crippen molar-refractivity contribution < 1.29 is 25.8 Å². The predicted octanol–water partition coefficient (Wildman–Crippen LogP) is 10.6. The van der Waals surface area contributed by atoms with Gasteiger partial charge in [0.2, 0.25) is 0 Å². The number of ether oxygens (including phenoxy) is 1. The summed E-state index contributed by atoms with van der Waals surface area (Å²) in [7, 11) is 2.10. The van der Waals surface area contributed by atoms with E-state index in [1.807, 2.05) is 24.4 Å². The minimum Gasteiger partial charge on any atom is -0.509 e. The van der Waals surface area contributed by atoms with E-state index in [0.29, 0.717) is 11.5 Å². The maximum atomic E-state index is 6.56. The molecule has 9 rings (SSSR count). The number of hydrogen-bond donors (Lipinski definition) is 0. The second-order valence-electron chi connectivity index (χ2n) is 16.1. The molecule has 0 unspecified atom stereocenters. The molecule has 0 N–H and O–H groups in total. The summed E-state index contributed by atoms with van der Waals surface area (Å²) >= 11 is 0. The van der Waals surface area contributed by atoms with E-state index in [0.717, 1.165) is 57.8 Å². The molecule has 5 heterocycles. The van der Waals surface area contributed by atoms with Gasteiger partial charge in [-0.2, -0.15) is 18.8 Å². The van der Waals surface area contributed by atoms with Crippen LogP contribution in [0.25, 0.3) is 38.7 Å². The summed E-state index contributed by atoms with van der Waals surface area (Å²) in [4.78, 5) is 14.2. The first-order valence-corrected chi connectivity index (χ1v) is 18.0. The summed E-state index contributed by atoms with van der Waals surface area (Å²) in [5.74, 6) is 3.31. The van der Waals surface area contributed by atoms with Gasteiger partial charge in [0.05, 0.1) is 11.0 Å². The average Bonchev–Trinajstić information content (AvgIpc) is 3.75. The largest absolute Gasteiger partial charge is 0.509 e. The number of imidazole rings is 1. The third-order valence-corrected chi connectivity index (χ3v) is 10.5. The second kappa shape index (κ2) is 12.5. The number of aromatic nitrogens is 4. The third kappa shape index (κ3) is 5.78. The van der Waals surface area contributed by atoms with Crippen LogP contribution in [0.5, 0.6) is 11.5 Å². The Balaban J connectivity index is 0.00000387. The summed E-state index contributed by atoms with van der Waals surface area (Å²) in [6, 6.07) is 33.0. The normalized spacial score (nSPS) is 14.6. The van der Waals surface area contributed by atoms with E-state index in [9.17, 15) is 0 Å². The summed E-state index contributed by atoms with van der Waals surface area (Å²) in [5, 5.41) is 2.29. The summed E-state index contributed by atoms with van der Waals surface area (Å²) < 4.78 is 11.2. The van der Waals surface area contributed by atoms with Crippen molar-refractivity contribution in [1.29, 1.82) is 0 Å². The van der Waals surface area contributed by atoms with Gasteiger partial charge in [0.1, 0.15) is 11.6 Å². The predicted molar refractivity (Wildman–Crippen MR) is 208 cm³/mol. The van der Waals surface area contributed by atoms with E-state index in [2.05, 4.69) is 141 Å². The van der Waals surface area contributed by atoms with Gasteiger partial charge in [-0.1, -0.05) is 59.2 Å². The smallest absolute Gasteiger partial charge is 0.135 e. The van der Waals surface area contributed by atoms with Gasteiger partial charge < -0.3 is 23.7 Å². The summed E-state index contributed by atoms with van der Waals surface area (Å²) in [6.45, 7) is 16.6. The Bertz CT molecular complexity index is 2500. The second-order valence-corrected chi connectivity index (χ2v) is 16.1. The Morgan fingerprint density at radius 1 is 0.769 bits per heavy atom. The van der Waals surface area contributed by atoms with Crippen LogP contribution in [-0.4, -0.2) is 26.1 Å². The van der Waals surface area contributed by atoms with E-state index >= 15 is 0 Å². The topological polar surface area (TPSA) is 51.4 Å². The first-order chi connectivity index (χ1) is 24.4. The number of anilines is 3. The molecule has 0 bridgehead atoms. The van der Waals surface area contributed by atoms with Gasteiger partial charge >= 0.3 is 0 Å². The van der Waals surface area contributed by atoms with Crippen LogP contribution in [0.15, 0.2) is 79.0 Å². The molecule has 0 atom stereocenters. The van der Waals surface area contributed by atoms with Crippen LogP contribution < -0.4 is 14.5 Å². The molecular weight excluding hydrogens is 824 g/mol. The van der Waals surface area contributed by atoms with Crippen LogP contribution in [0.3, 0.4) is 0 Å². The van der Waals surface area contributed by atoms with Gasteiger partial charge in [-0.25, -0.2) is 9.97 Å². The van der Waals surface area contributed by atoms with Crippen molar-refractivity contribution in [2.24, 2.45) is 0 Å². The van der Waals surface area contributed by atoms with E-state index < -0.39 is 0 Å². The zero-order valence-electron chi connectivity index (χ0n) is 30.8. The van der Waals surface area contributed by atoms with Crippen LogP contribution in [0.1, 0.15) is 71.3 Å². The molecule has 0 fully saturated rings. The van der Waals surface area contributed by atoms with Crippen LogP contribution in [0, 0.1) is 18.8 Å². The number of nitrogens with zero attached hydrogens (tertiary/aromatic N) is 6. The fraction of sp³-hybridized carbons (Fsp3) is 0.295. The van der Waals surface area contributed by atoms with E-state index in [-0.39, 0.29) is 31.9 Å². The molecule has 0 amide bonds. The number of fused-ring (bicyclic) bond motifs is 7. The molecule has 7 nitrogen and oxygen atoms in total. The third-order valence-electron chi connectivity index (χ3n) is 10.5. The first-order valence-electron chi connectivity index (χ1n) is 18.0. The molecule has 0 radical (unpaired) electrons. The Morgan fingerprint density at radius 2 is 1.56 bits per heavy atom. The van der Waals surface area contributed by atoms with E-state index in [1.165, 1.54) is 40.7 Å². The monoisotopic (exact) mass is 866 g/mol. The zero-order chi connectivity index (χ0) is 35.2. The van der Waals surface area contributed by atoms with Crippen LogP contribution >= 0.6 is 0 Å². The molecule has 0 saturated heterocycles. The van der Waals surface area contributed by atoms with Crippen molar-refractivity contribution in [3.63, 3.8) is 0 Å². The molecule has 2 aliphatic rings. The molecule has 2 aliphatic heterocycles. The fourth-order valence-electron chi connectivity index (χ4n) is 7.61. The summed E-state index contributed by atoms with van der Waals surface area (Å²) in [5.41, 5.74) is 9.95. The molecule has 268 valence electrons. The van der Waals surface area contributed by atoms with E-state index in [1.54, 1.807) is 0 Å². The summed E-state index contributed by atoms with van der Waals surface area (Å²) in [6.07, 6.45) is 5.36. The minimum absolute atomic E-state index is 0. The van der Waals surface area contributed by atoms with Gasteiger partial charge in [-0.15, -0.1) is 41.4 Å².